The highest BCUT2D eigenvalue weighted by atomic mass is 32.1. The molecule has 2 N–H and O–H groups in total. The largest absolute Gasteiger partial charge is 0.378 e. The van der Waals surface area contributed by atoms with E-state index in [4.69, 9.17) is 0 Å². The first-order valence-corrected chi connectivity index (χ1v) is 8.18. The molecule has 2 aromatic heterocycles. The zero-order chi connectivity index (χ0) is 17.2. The van der Waals surface area contributed by atoms with E-state index in [0.717, 1.165) is 4.88 Å². The molecule has 0 radical (unpaired) electrons. The minimum absolute atomic E-state index is 0.118. The van der Waals surface area contributed by atoms with Gasteiger partial charge in [0, 0.05) is 22.8 Å². The van der Waals surface area contributed by atoms with Crippen LogP contribution < -0.4 is 10.9 Å². The Morgan fingerprint density at radius 2 is 2.17 bits per heavy atom. The molecular formula is C16H21N3O3S. The Bertz CT molecular complexity index is 762. The molecule has 2 heterocycles. The van der Waals surface area contributed by atoms with Crippen LogP contribution in [0, 0.1) is 6.92 Å². The molecular weight excluding hydrogens is 314 g/mol. The number of aryl methyl sites for hydroxylation is 1. The lowest BCUT2D eigenvalue weighted by Gasteiger charge is -2.23. The third-order valence-corrected chi connectivity index (χ3v) is 4.75. The lowest BCUT2D eigenvalue weighted by molar-refractivity contribution is -0.133. The summed E-state index contributed by atoms with van der Waals surface area (Å²) < 4.78 is 1.38. The van der Waals surface area contributed by atoms with Crippen molar-refractivity contribution in [1.29, 1.82) is 0 Å². The number of pyridine rings is 1. The molecule has 0 aliphatic rings. The van der Waals surface area contributed by atoms with Gasteiger partial charge in [-0.15, -0.1) is 11.3 Å². The molecule has 0 fully saturated rings. The molecule has 2 rings (SSSR count). The van der Waals surface area contributed by atoms with Crippen molar-refractivity contribution in [3.05, 3.63) is 45.3 Å². The van der Waals surface area contributed by atoms with Gasteiger partial charge >= 0.3 is 0 Å². The normalized spacial score (nSPS) is 13.8. The molecule has 124 valence electrons. The molecule has 0 aliphatic heterocycles. The number of thiazole rings is 1. The Balaban J connectivity index is 2.15. The van der Waals surface area contributed by atoms with Crippen molar-refractivity contribution in [1.82, 2.24) is 9.55 Å². The second kappa shape index (κ2) is 6.64. The van der Waals surface area contributed by atoms with Crippen LogP contribution in [0.25, 0.3) is 0 Å². The first kappa shape index (κ1) is 17.4. The van der Waals surface area contributed by atoms with E-state index < -0.39 is 11.5 Å². The number of anilines is 1. The second-order valence-electron chi connectivity index (χ2n) is 6.04. The lowest BCUT2D eigenvalue weighted by atomic mass is 10.1. The van der Waals surface area contributed by atoms with Crippen molar-refractivity contribution >= 4 is 22.4 Å². The summed E-state index contributed by atoms with van der Waals surface area (Å²) in [5.74, 6) is -0.262. The molecule has 1 amide bonds. The average Bonchev–Trinajstić information content (AvgIpc) is 2.92. The summed E-state index contributed by atoms with van der Waals surface area (Å²) >= 11 is 1.38. The zero-order valence-corrected chi connectivity index (χ0v) is 14.5. The van der Waals surface area contributed by atoms with E-state index in [-0.39, 0.29) is 12.1 Å². The molecule has 23 heavy (non-hydrogen) atoms. The molecule has 0 aromatic carbocycles. The highest BCUT2D eigenvalue weighted by Gasteiger charge is 2.32. The molecule has 0 spiro atoms. The molecule has 0 unspecified atom stereocenters. The molecule has 2 aromatic rings. The molecule has 6 nitrogen and oxygen atoms in total. The van der Waals surface area contributed by atoms with Gasteiger partial charge in [0.1, 0.15) is 0 Å². The van der Waals surface area contributed by atoms with Crippen LogP contribution in [0.3, 0.4) is 0 Å². The summed E-state index contributed by atoms with van der Waals surface area (Å²) in [7, 11) is 0. The number of hydrogen-bond donors (Lipinski definition) is 2. The van der Waals surface area contributed by atoms with Gasteiger partial charge in [-0.05, 0) is 25.8 Å². The van der Waals surface area contributed by atoms with Crippen molar-refractivity contribution in [3.8, 4) is 0 Å². The number of nitrogens with one attached hydrogen (secondary N) is 1. The van der Waals surface area contributed by atoms with Crippen LogP contribution in [0.2, 0.25) is 0 Å². The summed E-state index contributed by atoms with van der Waals surface area (Å²) in [6, 6.07) is 4.80. The maximum absolute atomic E-state index is 12.3. The Kier molecular flexibility index (Phi) is 5.01. The van der Waals surface area contributed by atoms with Crippen LogP contribution in [-0.2, 0) is 11.3 Å². The van der Waals surface area contributed by atoms with E-state index in [1.807, 2.05) is 13.8 Å². The van der Waals surface area contributed by atoms with Crippen LogP contribution in [0.1, 0.15) is 37.3 Å². The first-order valence-electron chi connectivity index (χ1n) is 7.36. The van der Waals surface area contributed by atoms with E-state index in [1.54, 1.807) is 25.3 Å². The highest BCUT2D eigenvalue weighted by molar-refractivity contribution is 7.15. The fraction of sp³-hybridized carbons (Fsp3) is 0.438. The topological polar surface area (TPSA) is 84.2 Å². The maximum atomic E-state index is 12.3. The monoisotopic (exact) mass is 335 g/mol. The van der Waals surface area contributed by atoms with Gasteiger partial charge in [0.05, 0.1) is 6.54 Å². The van der Waals surface area contributed by atoms with Crippen LogP contribution in [0.4, 0.5) is 5.13 Å². The number of carbonyl (C=O) groups excluding carboxylic acids is 1. The van der Waals surface area contributed by atoms with Crippen LogP contribution in [0.15, 0.2) is 29.2 Å². The Labute approximate surface area is 138 Å². The maximum Gasteiger partial charge on any atom is 0.259 e. The van der Waals surface area contributed by atoms with Gasteiger partial charge in [-0.3, -0.25) is 14.9 Å². The summed E-state index contributed by atoms with van der Waals surface area (Å²) in [5, 5.41) is 13.5. The summed E-state index contributed by atoms with van der Waals surface area (Å²) in [6.07, 6.45) is 1.71. The van der Waals surface area contributed by atoms with Crippen molar-refractivity contribution in [2.75, 3.05) is 5.32 Å². The van der Waals surface area contributed by atoms with Crippen LogP contribution in [0.5, 0.6) is 0 Å². The molecule has 7 heteroatoms. The van der Waals surface area contributed by atoms with Crippen molar-refractivity contribution in [2.24, 2.45) is 0 Å². The predicted octanol–water partition coefficient (Wildman–Crippen LogP) is 2.13. The fourth-order valence-corrected chi connectivity index (χ4v) is 2.86. The van der Waals surface area contributed by atoms with E-state index in [2.05, 4.69) is 10.3 Å². The van der Waals surface area contributed by atoms with E-state index in [9.17, 15) is 14.7 Å². The van der Waals surface area contributed by atoms with Gasteiger partial charge in [0.2, 0.25) is 0 Å². The third kappa shape index (κ3) is 4.05. The van der Waals surface area contributed by atoms with Gasteiger partial charge in [-0.2, -0.15) is 0 Å². The fourth-order valence-electron chi connectivity index (χ4n) is 2.05. The predicted molar refractivity (Wildman–Crippen MR) is 90.9 cm³/mol. The molecule has 0 aliphatic carbocycles. The number of carbonyl (C=O) groups is 1. The van der Waals surface area contributed by atoms with Crippen molar-refractivity contribution in [3.63, 3.8) is 0 Å². The quantitative estimate of drug-likeness (QED) is 0.877. The number of rotatable bonds is 5. The molecule has 1 atom stereocenters. The number of aliphatic hydroxyl groups is 1. The number of aromatic nitrogens is 2. The Morgan fingerprint density at radius 1 is 1.48 bits per heavy atom. The smallest absolute Gasteiger partial charge is 0.259 e. The summed E-state index contributed by atoms with van der Waals surface area (Å²) in [6.45, 7) is 7.11. The van der Waals surface area contributed by atoms with E-state index >= 15 is 0 Å². The van der Waals surface area contributed by atoms with Gasteiger partial charge in [-0.25, -0.2) is 4.98 Å². The van der Waals surface area contributed by atoms with Crippen LogP contribution in [-0.4, -0.2) is 26.2 Å². The van der Waals surface area contributed by atoms with Crippen molar-refractivity contribution < 1.29 is 9.90 Å². The number of hydrogen-bond acceptors (Lipinski definition) is 5. The minimum Gasteiger partial charge on any atom is -0.378 e. The van der Waals surface area contributed by atoms with Crippen molar-refractivity contribution in [2.45, 2.75) is 45.8 Å². The summed E-state index contributed by atoms with van der Waals surface area (Å²) in [5.41, 5.74) is -1.30. The second-order valence-corrected chi connectivity index (χ2v) is 7.10. The SMILES string of the molecule is Cc1cccc(=O)n1C[C@@](C)(O)C(=O)Nc1ncc(C(C)C)s1. The van der Waals surface area contributed by atoms with Gasteiger partial charge in [-0.1, -0.05) is 19.9 Å². The standard InChI is InChI=1S/C16H21N3O3S/c1-10(2)12-8-17-15(23-12)18-14(21)16(4,22)9-19-11(3)6-5-7-13(19)20/h5-8,10,22H,9H2,1-4H3,(H,17,18,21)/t16-/m1/s1. The number of amides is 1. The Morgan fingerprint density at radius 3 is 2.74 bits per heavy atom. The molecule has 0 bridgehead atoms. The van der Waals surface area contributed by atoms with E-state index in [1.165, 1.54) is 28.9 Å². The molecule has 0 saturated heterocycles. The number of nitrogens with zero attached hydrogens (tertiary/aromatic N) is 2. The average molecular weight is 335 g/mol. The first-order chi connectivity index (χ1) is 10.7. The van der Waals surface area contributed by atoms with E-state index in [0.29, 0.717) is 16.7 Å². The highest BCUT2D eigenvalue weighted by Crippen LogP contribution is 2.25. The summed E-state index contributed by atoms with van der Waals surface area (Å²) in [4.78, 5) is 29.4. The van der Waals surface area contributed by atoms with Crippen LogP contribution >= 0.6 is 11.3 Å². The Hall–Kier alpha value is -1.99. The third-order valence-electron chi connectivity index (χ3n) is 3.54. The minimum atomic E-state index is -1.72. The van der Waals surface area contributed by atoms with Gasteiger partial charge < -0.3 is 9.67 Å². The van der Waals surface area contributed by atoms with Gasteiger partial charge in [0.15, 0.2) is 10.7 Å². The zero-order valence-electron chi connectivity index (χ0n) is 13.7. The van der Waals surface area contributed by atoms with Gasteiger partial charge in [0.25, 0.3) is 11.5 Å². The molecule has 0 saturated carbocycles. The lowest BCUT2D eigenvalue weighted by Crippen LogP contribution is -2.46.